The fourth-order valence-corrected chi connectivity index (χ4v) is 1.90. The summed E-state index contributed by atoms with van der Waals surface area (Å²) in [6.45, 7) is 2.78. The zero-order chi connectivity index (χ0) is 14.4. The van der Waals surface area contributed by atoms with Gasteiger partial charge >= 0.3 is 0 Å². The fraction of sp³-hybridized carbons (Fsp3) is 0.333. The van der Waals surface area contributed by atoms with Crippen molar-refractivity contribution in [2.75, 3.05) is 30.4 Å². The molecule has 0 fully saturated rings. The third-order valence-corrected chi connectivity index (χ3v) is 3.12. The van der Waals surface area contributed by atoms with Gasteiger partial charge in [0.25, 0.3) is 0 Å². The molecule has 2 aromatic heterocycles. The molecule has 0 aliphatic carbocycles. The lowest BCUT2D eigenvalue weighted by Crippen LogP contribution is -2.21. The summed E-state index contributed by atoms with van der Waals surface area (Å²) in [6, 6.07) is 9.88. The Morgan fingerprint density at radius 2 is 2.10 bits per heavy atom. The molecule has 2 N–H and O–H groups in total. The van der Waals surface area contributed by atoms with E-state index in [9.17, 15) is 0 Å². The highest BCUT2D eigenvalue weighted by Crippen LogP contribution is 2.18. The lowest BCUT2D eigenvalue weighted by molar-refractivity contribution is 0.304. The molecule has 106 valence electrons. The van der Waals surface area contributed by atoms with E-state index in [2.05, 4.69) is 22.2 Å². The Bertz CT molecular complexity index is 515. The summed E-state index contributed by atoms with van der Waals surface area (Å²) in [5.74, 6) is 0.810. The van der Waals surface area contributed by atoms with Gasteiger partial charge in [0.2, 0.25) is 0 Å². The second-order valence-corrected chi connectivity index (χ2v) is 4.67. The van der Waals surface area contributed by atoms with Crippen LogP contribution >= 0.6 is 0 Å². The number of hydrogen-bond acceptors (Lipinski definition) is 5. The number of pyridine rings is 2. The Morgan fingerprint density at radius 3 is 2.70 bits per heavy atom. The fourth-order valence-electron chi connectivity index (χ4n) is 1.90. The van der Waals surface area contributed by atoms with Crippen molar-refractivity contribution in [2.45, 2.75) is 13.0 Å². The summed E-state index contributed by atoms with van der Waals surface area (Å²) < 4.78 is 0. The quantitative estimate of drug-likeness (QED) is 0.843. The first-order valence-corrected chi connectivity index (χ1v) is 6.66. The van der Waals surface area contributed by atoms with E-state index in [1.54, 1.807) is 12.4 Å². The summed E-state index contributed by atoms with van der Waals surface area (Å²) in [5.41, 5.74) is 1.96. The van der Waals surface area contributed by atoms with E-state index >= 15 is 0 Å². The van der Waals surface area contributed by atoms with Crippen LogP contribution in [-0.4, -0.2) is 35.3 Å². The first-order chi connectivity index (χ1) is 9.70. The van der Waals surface area contributed by atoms with Crippen molar-refractivity contribution in [1.29, 1.82) is 0 Å². The Hall–Kier alpha value is -2.14. The summed E-state index contributed by atoms with van der Waals surface area (Å²) >= 11 is 0. The second kappa shape index (κ2) is 6.86. The first-order valence-electron chi connectivity index (χ1n) is 6.66. The van der Waals surface area contributed by atoms with Crippen LogP contribution in [0.15, 0.2) is 42.7 Å². The molecule has 0 bridgehead atoms. The van der Waals surface area contributed by atoms with Crippen molar-refractivity contribution in [3.63, 3.8) is 0 Å². The van der Waals surface area contributed by atoms with Crippen molar-refractivity contribution in [1.82, 2.24) is 9.97 Å². The molecule has 5 nitrogen and oxygen atoms in total. The molecule has 5 heteroatoms. The van der Waals surface area contributed by atoms with Gasteiger partial charge in [-0.3, -0.25) is 4.98 Å². The van der Waals surface area contributed by atoms with Gasteiger partial charge in [-0.1, -0.05) is 6.07 Å². The molecule has 0 amide bonds. The van der Waals surface area contributed by atoms with E-state index in [1.807, 2.05) is 42.3 Å². The Morgan fingerprint density at radius 1 is 1.25 bits per heavy atom. The topological polar surface area (TPSA) is 61.3 Å². The number of likely N-dealkylation sites (N-methyl/N-ethyl adjacent to an activating group) is 1. The van der Waals surface area contributed by atoms with Gasteiger partial charge in [0, 0.05) is 19.8 Å². The summed E-state index contributed by atoms with van der Waals surface area (Å²) in [4.78, 5) is 10.7. The molecule has 0 aliphatic rings. The summed E-state index contributed by atoms with van der Waals surface area (Å²) in [7, 11) is 1.93. The zero-order valence-corrected chi connectivity index (χ0v) is 11.8. The van der Waals surface area contributed by atoms with Gasteiger partial charge in [0.05, 0.1) is 30.2 Å². The summed E-state index contributed by atoms with van der Waals surface area (Å²) in [5, 5.41) is 12.2. The largest absolute Gasteiger partial charge is 0.395 e. The number of rotatable bonds is 6. The van der Waals surface area contributed by atoms with Crippen LogP contribution in [0.1, 0.15) is 18.7 Å². The molecule has 0 aliphatic heterocycles. The maximum absolute atomic E-state index is 8.92. The lowest BCUT2D eigenvalue weighted by Gasteiger charge is -2.18. The van der Waals surface area contributed by atoms with Crippen LogP contribution in [0.4, 0.5) is 11.5 Å². The maximum atomic E-state index is 8.92. The molecular weight excluding hydrogens is 252 g/mol. The monoisotopic (exact) mass is 272 g/mol. The minimum Gasteiger partial charge on any atom is -0.395 e. The SMILES string of the molecule is CC(Nc1ccc(N(C)CCO)cn1)c1ccccn1. The van der Waals surface area contributed by atoms with Crippen molar-refractivity contribution in [3.05, 3.63) is 48.4 Å². The van der Waals surface area contributed by atoms with Crippen LogP contribution in [0.3, 0.4) is 0 Å². The van der Waals surface area contributed by atoms with Crippen LogP contribution in [0, 0.1) is 0 Å². The lowest BCUT2D eigenvalue weighted by atomic mass is 10.2. The molecule has 0 aromatic carbocycles. The van der Waals surface area contributed by atoms with Gasteiger partial charge in [0.1, 0.15) is 5.82 Å². The van der Waals surface area contributed by atoms with Crippen molar-refractivity contribution in [3.8, 4) is 0 Å². The molecular formula is C15H20N4O. The number of nitrogens with zero attached hydrogens (tertiary/aromatic N) is 3. The molecule has 2 aromatic rings. The van der Waals surface area contributed by atoms with Gasteiger partial charge in [-0.15, -0.1) is 0 Å². The number of anilines is 2. The molecule has 0 saturated heterocycles. The number of aliphatic hydroxyl groups is 1. The van der Waals surface area contributed by atoms with Crippen LogP contribution in [-0.2, 0) is 0 Å². The minimum absolute atomic E-state index is 0.102. The van der Waals surface area contributed by atoms with E-state index in [0.717, 1.165) is 17.2 Å². The third kappa shape index (κ3) is 3.68. The van der Waals surface area contributed by atoms with Gasteiger partial charge in [-0.25, -0.2) is 4.98 Å². The maximum Gasteiger partial charge on any atom is 0.126 e. The van der Waals surface area contributed by atoms with E-state index in [-0.39, 0.29) is 12.6 Å². The van der Waals surface area contributed by atoms with E-state index in [4.69, 9.17) is 5.11 Å². The standard InChI is InChI=1S/C15H20N4O/c1-12(14-5-3-4-8-16-14)18-15-7-6-13(11-17-15)19(2)9-10-20/h3-8,11-12,20H,9-10H2,1-2H3,(H,17,18). The minimum atomic E-state index is 0.102. The first kappa shape index (κ1) is 14.3. The van der Waals surface area contributed by atoms with Crippen LogP contribution in [0.25, 0.3) is 0 Å². The average Bonchev–Trinajstić information content (AvgIpc) is 2.49. The van der Waals surface area contributed by atoms with E-state index in [0.29, 0.717) is 6.54 Å². The predicted octanol–water partition coefficient (Wildman–Crippen LogP) is 2.08. The van der Waals surface area contributed by atoms with E-state index < -0.39 is 0 Å². The number of hydrogen-bond donors (Lipinski definition) is 2. The van der Waals surface area contributed by atoms with Crippen LogP contribution in [0.5, 0.6) is 0 Å². The molecule has 20 heavy (non-hydrogen) atoms. The van der Waals surface area contributed by atoms with Crippen molar-refractivity contribution in [2.24, 2.45) is 0 Å². The summed E-state index contributed by atoms with van der Waals surface area (Å²) in [6.07, 6.45) is 3.58. The normalized spacial score (nSPS) is 11.9. The predicted molar refractivity (Wildman–Crippen MR) is 80.9 cm³/mol. The van der Waals surface area contributed by atoms with Gasteiger partial charge in [-0.2, -0.15) is 0 Å². The molecule has 2 rings (SSSR count). The van der Waals surface area contributed by atoms with Gasteiger partial charge < -0.3 is 15.3 Å². The van der Waals surface area contributed by atoms with Crippen molar-refractivity contribution >= 4 is 11.5 Å². The highest BCUT2D eigenvalue weighted by molar-refractivity contribution is 5.49. The number of aromatic nitrogens is 2. The smallest absolute Gasteiger partial charge is 0.126 e. The van der Waals surface area contributed by atoms with E-state index in [1.165, 1.54) is 0 Å². The molecule has 2 heterocycles. The second-order valence-electron chi connectivity index (χ2n) is 4.67. The molecule has 0 saturated carbocycles. The molecule has 0 spiro atoms. The Labute approximate surface area is 119 Å². The number of nitrogens with one attached hydrogen (secondary N) is 1. The molecule has 0 radical (unpaired) electrons. The van der Waals surface area contributed by atoms with Crippen LogP contribution in [0.2, 0.25) is 0 Å². The Balaban J connectivity index is 2.00. The average molecular weight is 272 g/mol. The highest BCUT2D eigenvalue weighted by Gasteiger charge is 2.07. The van der Waals surface area contributed by atoms with Crippen molar-refractivity contribution < 1.29 is 5.11 Å². The molecule has 1 atom stereocenters. The Kier molecular flexibility index (Phi) is 4.90. The van der Waals surface area contributed by atoms with Crippen LogP contribution < -0.4 is 10.2 Å². The van der Waals surface area contributed by atoms with Gasteiger partial charge in [-0.05, 0) is 31.2 Å². The highest BCUT2D eigenvalue weighted by atomic mass is 16.3. The molecule has 1 unspecified atom stereocenters. The zero-order valence-electron chi connectivity index (χ0n) is 11.8. The van der Waals surface area contributed by atoms with Gasteiger partial charge in [0.15, 0.2) is 0 Å². The third-order valence-electron chi connectivity index (χ3n) is 3.12. The number of aliphatic hydroxyl groups excluding tert-OH is 1.